The van der Waals surface area contributed by atoms with Gasteiger partial charge in [-0.1, -0.05) is 276 Å². The predicted octanol–water partition coefficient (Wildman–Crippen LogP) is 20.8. The van der Waals surface area contributed by atoms with Crippen molar-refractivity contribution in [1.82, 2.24) is 0 Å². The van der Waals surface area contributed by atoms with Gasteiger partial charge in [-0.25, -0.2) is 0 Å². The first-order valence-corrected chi connectivity index (χ1v) is 31.0. The molecule has 0 bridgehead atoms. The molecule has 6 heteroatoms. The maximum atomic E-state index is 12.9. The van der Waals surface area contributed by atoms with Gasteiger partial charge in [0.2, 0.25) is 0 Å². The van der Waals surface area contributed by atoms with Gasteiger partial charge in [-0.3, -0.25) is 14.4 Å². The average Bonchev–Trinajstić information content (AvgIpc) is 3.36. The summed E-state index contributed by atoms with van der Waals surface area (Å²) in [7, 11) is 0. The van der Waals surface area contributed by atoms with Gasteiger partial charge < -0.3 is 14.2 Å². The summed E-state index contributed by atoms with van der Waals surface area (Å²) < 4.78 is 16.9. The molecule has 0 aliphatic heterocycles. The van der Waals surface area contributed by atoms with Crippen LogP contribution in [0.2, 0.25) is 0 Å². The van der Waals surface area contributed by atoms with Gasteiger partial charge in [0.05, 0.1) is 0 Å². The predicted molar refractivity (Wildman–Crippen MR) is 302 cm³/mol. The molecule has 0 aromatic rings. The number of hydrogen-bond acceptors (Lipinski definition) is 6. The van der Waals surface area contributed by atoms with Crippen LogP contribution in [0.15, 0.2) is 36.5 Å². The van der Waals surface area contributed by atoms with Crippen LogP contribution in [0.5, 0.6) is 0 Å². The molecule has 0 N–H and O–H groups in total. The number of carbonyl (C=O) groups excluding carboxylic acids is 3. The molecule has 0 rings (SSSR count). The molecular weight excluding hydrogens is 865 g/mol. The van der Waals surface area contributed by atoms with Crippen molar-refractivity contribution in [3.05, 3.63) is 36.5 Å². The second kappa shape index (κ2) is 59.2. The van der Waals surface area contributed by atoms with Gasteiger partial charge in [0.25, 0.3) is 0 Å². The topological polar surface area (TPSA) is 78.9 Å². The van der Waals surface area contributed by atoms with Gasteiger partial charge in [-0.05, 0) is 77.0 Å². The lowest BCUT2D eigenvalue weighted by molar-refractivity contribution is -0.167. The normalized spacial score (nSPS) is 12.2. The Morgan fingerprint density at radius 3 is 0.814 bits per heavy atom. The molecule has 0 saturated heterocycles. The fourth-order valence-electron chi connectivity index (χ4n) is 9.18. The Kier molecular flexibility index (Phi) is 57.2. The third-order valence-electron chi connectivity index (χ3n) is 13.9. The van der Waals surface area contributed by atoms with E-state index in [1.54, 1.807) is 0 Å². The van der Waals surface area contributed by atoms with Gasteiger partial charge in [-0.2, -0.15) is 0 Å². The van der Waals surface area contributed by atoms with Gasteiger partial charge in [-0.15, -0.1) is 0 Å². The van der Waals surface area contributed by atoms with Crippen LogP contribution in [-0.2, 0) is 28.6 Å². The van der Waals surface area contributed by atoms with Crippen LogP contribution in [0.4, 0.5) is 0 Å². The average molecular weight is 984 g/mol. The highest BCUT2D eigenvalue weighted by Crippen LogP contribution is 2.17. The van der Waals surface area contributed by atoms with Gasteiger partial charge in [0, 0.05) is 19.3 Å². The molecule has 0 saturated carbocycles. The molecule has 0 heterocycles. The van der Waals surface area contributed by atoms with Crippen molar-refractivity contribution in [2.75, 3.05) is 13.2 Å². The Labute approximate surface area is 435 Å². The molecule has 0 spiro atoms. The second-order valence-corrected chi connectivity index (χ2v) is 21.0. The largest absolute Gasteiger partial charge is 0.462 e. The smallest absolute Gasteiger partial charge is 0.306 e. The molecule has 0 aromatic heterocycles. The fraction of sp³-hybridized carbons (Fsp3) is 0.859. The van der Waals surface area contributed by atoms with Crippen molar-refractivity contribution < 1.29 is 28.6 Å². The van der Waals surface area contributed by atoms with E-state index in [0.717, 1.165) is 77.0 Å². The first kappa shape index (κ1) is 67.6. The van der Waals surface area contributed by atoms with Crippen LogP contribution >= 0.6 is 0 Å². The van der Waals surface area contributed by atoms with Gasteiger partial charge in [0.15, 0.2) is 6.10 Å². The number of rotatable bonds is 57. The first-order valence-electron chi connectivity index (χ1n) is 31.0. The Balaban J connectivity index is 4.35. The van der Waals surface area contributed by atoms with E-state index in [4.69, 9.17) is 14.2 Å². The Hall–Kier alpha value is -2.37. The van der Waals surface area contributed by atoms with E-state index in [9.17, 15) is 14.4 Å². The summed E-state index contributed by atoms with van der Waals surface area (Å²) >= 11 is 0. The van der Waals surface area contributed by atoms with Crippen molar-refractivity contribution in [1.29, 1.82) is 0 Å². The summed E-state index contributed by atoms with van der Waals surface area (Å²) in [4.78, 5) is 38.3. The highest BCUT2D eigenvalue weighted by Gasteiger charge is 2.19. The van der Waals surface area contributed by atoms with Gasteiger partial charge >= 0.3 is 17.9 Å². The summed E-state index contributed by atoms with van der Waals surface area (Å²) in [5.41, 5.74) is 0. The van der Waals surface area contributed by atoms with Crippen molar-refractivity contribution in [2.45, 2.75) is 341 Å². The number of hydrogen-bond donors (Lipinski definition) is 0. The number of esters is 3. The van der Waals surface area contributed by atoms with E-state index in [-0.39, 0.29) is 31.1 Å². The molecule has 6 nitrogen and oxygen atoms in total. The van der Waals surface area contributed by atoms with Crippen LogP contribution in [0.1, 0.15) is 335 Å². The lowest BCUT2D eigenvalue weighted by atomic mass is 10.0. The Bertz CT molecular complexity index is 1170. The van der Waals surface area contributed by atoms with Crippen LogP contribution < -0.4 is 0 Å². The molecule has 70 heavy (non-hydrogen) atoms. The molecule has 0 amide bonds. The van der Waals surface area contributed by atoms with Crippen LogP contribution in [0.3, 0.4) is 0 Å². The molecule has 0 aromatic carbocycles. The van der Waals surface area contributed by atoms with Crippen molar-refractivity contribution in [3.63, 3.8) is 0 Å². The Morgan fingerprint density at radius 2 is 0.514 bits per heavy atom. The zero-order valence-electron chi connectivity index (χ0n) is 47.1. The summed E-state index contributed by atoms with van der Waals surface area (Å²) in [5, 5.41) is 0. The van der Waals surface area contributed by atoms with E-state index >= 15 is 0 Å². The monoisotopic (exact) mass is 983 g/mol. The second-order valence-electron chi connectivity index (χ2n) is 21.0. The van der Waals surface area contributed by atoms with E-state index in [1.165, 1.54) is 218 Å². The summed E-state index contributed by atoms with van der Waals surface area (Å²) in [5.74, 6) is -0.868. The Morgan fingerprint density at radius 1 is 0.286 bits per heavy atom. The third-order valence-corrected chi connectivity index (χ3v) is 13.9. The molecule has 1 atom stereocenters. The molecule has 0 fully saturated rings. The zero-order valence-corrected chi connectivity index (χ0v) is 47.1. The fourth-order valence-corrected chi connectivity index (χ4v) is 9.18. The molecular formula is C64H118O6. The maximum Gasteiger partial charge on any atom is 0.306 e. The molecule has 0 aliphatic carbocycles. The van der Waals surface area contributed by atoms with Crippen molar-refractivity contribution >= 4 is 17.9 Å². The molecule has 0 radical (unpaired) electrons. The third kappa shape index (κ3) is 56.5. The SMILES string of the molecule is CCCCCC/C=C\C/C=C\CCCCCCCC(=O)OCC(COC(=O)CCCCCCCCCCC/C=C\CCCCCCCC)OC(=O)CCCCCCCCCCCCCCCCCCC. The van der Waals surface area contributed by atoms with Crippen LogP contribution in [-0.4, -0.2) is 37.2 Å². The molecule has 410 valence electrons. The molecule has 1 unspecified atom stereocenters. The molecule has 0 aliphatic rings. The van der Waals surface area contributed by atoms with E-state index in [2.05, 4.69) is 57.2 Å². The number of unbranched alkanes of at least 4 members (excludes halogenated alkanes) is 40. The summed E-state index contributed by atoms with van der Waals surface area (Å²) in [6, 6.07) is 0. The van der Waals surface area contributed by atoms with Crippen LogP contribution in [0, 0.1) is 0 Å². The van der Waals surface area contributed by atoms with Gasteiger partial charge in [0.1, 0.15) is 13.2 Å². The highest BCUT2D eigenvalue weighted by molar-refractivity contribution is 5.71. The zero-order chi connectivity index (χ0) is 50.7. The van der Waals surface area contributed by atoms with E-state index < -0.39 is 6.10 Å². The van der Waals surface area contributed by atoms with Crippen molar-refractivity contribution in [3.8, 4) is 0 Å². The lowest BCUT2D eigenvalue weighted by Crippen LogP contribution is -2.30. The minimum atomic E-state index is -0.776. The van der Waals surface area contributed by atoms with Crippen LogP contribution in [0.25, 0.3) is 0 Å². The highest BCUT2D eigenvalue weighted by atomic mass is 16.6. The number of allylic oxidation sites excluding steroid dienone is 6. The number of ether oxygens (including phenoxy) is 3. The standard InChI is InChI=1S/C64H118O6/c1-4-7-10-13-16-19-22-25-28-31-32-34-36-39-42-45-48-51-54-57-63(66)69-60-61(59-68-62(65)56-53-50-47-44-41-38-35-30-27-24-21-18-15-12-9-6-3)70-64(67)58-55-52-49-46-43-40-37-33-29-26-23-20-17-14-11-8-5-2/h21,24-25,28,30,35,61H,4-20,22-23,26-27,29,31-34,36-60H2,1-3H3/b24-21-,28-25-,35-30-. The number of carbonyl (C=O) groups is 3. The quantitative estimate of drug-likeness (QED) is 0.0261. The minimum absolute atomic E-state index is 0.0738. The van der Waals surface area contributed by atoms with Crippen molar-refractivity contribution in [2.24, 2.45) is 0 Å². The maximum absolute atomic E-state index is 12.9. The summed E-state index contributed by atoms with van der Waals surface area (Å²) in [6.07, 6.45) is 71.4. The van der Waals surface area contributed by atoms with E-state index in [0.29, 0.717) is 19.3 Å². The van der Waals surface area contributed by atoms with E-state index in [1.807, 2.05) is 0 Å². The first-order chi connectivity index (χ1) is 34.5. The summed E-state index contributed by atoms with van der Waals surface area (Å²) in [6.45, 7) is 6.66. The minimum Gasteiger partial charge on any atom is -0.462 e. The lowest BCUT2D eigenvalue weighted by Gasteiger charge is -2.18.